The van der Waals surface area contributed by atoms with Gasteiger partial charge < -0.3 is 11.6 Å². The number of phenols is 1. The van der Waals surface area contributed by atoms with Crippen molar-refractivity contribution in [2.75, 3.05) is 0 Å². The number of hydrogen-bond donors (Lipinski definition) is 4. The van der Waals surface area contributed by atoms with E-state index in [1.165, 1.54) is 24.3 Å². The molecule has 158 valence electrons. The molecule has 0 heterocycles. The number of carboxylic acids is 1. The molecular formula is C17H13N2NaO9S2. The minimum Gasteiger partial charge on any atom is -1.00 e. The smallest absolute Gasteiger partial charge is 1.00 e. The molecule has 0 fully saturated rings. The number of aromatic carboxylic acids is 1. The molecule has 0 saturated carbocycles. The zero-order valence-electron chi connectivity index (χ0n) is 16.7. The predicted octanol–water partition coefficient (Wildman–Crippen LogP) is 0.269. The van der Waals surface area contributed by atoms with Crippen LogP contribution in [0.15, 0.2) is 68.6 Å². The van der Waals surface area contributed by atoms with Crippen molar-refractivity contribution in [1.29, 1.82) is 0 Å². The number of benzene rings is 3. The Hall–Kier alpha value is -2.39. The Labute approximate surface area is 199 Å². The Kier molecular flexibility index (Phi) is 7.22. The van der Waals surface area contributed by atoms with E-state index in [4.69, 9.17) is 0 Å². The van der Waals surface area contributed by atoms with Gasteiger partial charge in [0, 0.05) is 5.39 Å². The molecule has 31 heavy (non-hydrogen) atoms. The van der Waals surface area contributed by atoms with Crippen molar-refractivity contribution in [3.05, 3.63) is 54.1 Å². The second kappa shape index (κ2) is 9.00. The Bertz CT molecular complexity index is 1440. The van der Waals surface area contributed by atoms with Crippen molar-refractivity contribution in [3.8, 4) is 5.75 Å². The fraction of sp³-hybridized carbons (Fsp3) is 0. The number of fused-ring (bicyclic) bond motifs is 1. The number of phenolic OH excluding ortho intramolecular Hbond substituents is 1. The van der Waals surface area contributed by atoms with Gasteiger partial charge in [0.1, 0.15) is 16.3 Å². The maximum Gasteiger partial charge on any atom is 1.00 e. The van der Waals surface area contributed by atoms with E-state index in [0.29, 0.717) is 0 Å². The SMILES string of the molecule is O=C(O)c1ccccc1N=Nc1c(O)c(S(=O)(=O)O)cc2cc(S(=O)(=O)O)ccc12.[H-].[Na+]. The second-order valence-electron chi connectivity index (χ2n) is 5.93. The molecule has 3 aromatic rings. The molecule has 0 aliphatic carbocycles. The molecule has 0 atom stereocenters. The van der Waals surface area contributed by atoms with Crippen LogP contribution in [0, 0.1) is 0 Å². The fourth-order valence-corrected chi connectivity index (χ4v) is 3.77. The molecule has 0 amide bonds. The van der Waals surface area contributed by atoms with Crippen LogP contribution in [0.2, 0.25) is 0 Å². The van der Waals surface area contributed by atoms with Crippen molar-refractivity contribution in [1.82, 2.24) is 0 Å². The maximum absolute atomic E-state index is 11.6. The van der Waals surface area contributed by atoms with Crippen molar-refractivity contribution >= 4 is 48.4 Å². The molecule has 0 bridgehead atoms. The average molecular weight is 476 g/mol. The molecule has 0 saturated heterocycles. The Morgan fingerprint density at radius 1 is 0.903 bits per heavy atom. The van der Waals surface area contributed by atoms with Gasteiger partial charge in [0.25, 0.3) is 20.2 Å². The second-order valence-corrected chi connectivity index (χ2v) is 8.74. The molecule has 3 rings (SSSR count). The third kappa shape index (κ3) is 5.27. The number of rotatable bonds is 5. The van der Waals surface area contributed by atoms with Gasteiger partial charge >= 0.3 is 35.5 Å². The number of azo groups is 1. The summed E-state index contributed by atoms with van der Waals surface area (Å²) in [4.78, 5) is 9.73. The summed E-state index contributed by atoms with van der Waals surface area (Å²) < 4.78 is 64.6. The minimum atomic E-state index is -4.96. The molecular weight excluding hydrogens is 463 g/mol. The summed E-state index contributed by atoms with van der Waals surface area (Å²) in [5.74, 6) is -2.29. The summed E-state index contributed by atoms with van der Waals surface area (Å²) in [6.45, 7) is 0. The number of carboxylic acid groups (broad SMARTS) is 1. The summed E-state index contributed by atoms with van der Waals surface area (Å²) in [5, 5.41) is 26.9. The predicted molar refractivity (Wildman–Crippen MR) is 104 cm³/mol. The fourth-order valence-electron chi connectivity index (χ4n) is 2.63. The van der Waals surface area contributed by atoms with Crippen molar-refractivity contribution in [2.45, 2.75) is 9.79 Å². The number of hydrogen-bond acceptors (Lipinski definition) is 8. The van der Waals surface area contributed by atoms with Gasteiger partial charge in [0.2, 0.25) is 0 Å². The van der Waals surface area contributed by atoms with Gasteiger partial charge in [-0.2, -0.15) is 16.8 Å². The van der Waals surface area contributed by atoms with Crippen molar-refractivity contribution < 1.29 is 71.9 Å². The van der Waals surface area contributed by atoms with Gasteiger partial charge in [0.05, 0.1) is 10.5 Å². The Balaban J connectivity index is 0.00000256. The summed E-state index contributed by atoms with van der Waals surface area (Å²) in [7, 11) is -9.59. The normalized spacial score (nSPS) is 12.1. The zero-order chi connectivity index (χ0) is 22.3. The van der Waals surface area contributed by atoms with Crippen LogP contribution in [-0.4, -0.2) is 42.1 Å². The van der Waals surface area contributed by atoms with Gasteiger partial charge in [0.15, 0.2) is 5.75 Å². The standard InChI is InChI=1S/C17H12N2O9S2.Na.H/c20-16-14(30(26,27)28)8-9-7-10(29(23,24)25)5-6-11(9)15(16)19-18-13-4-2-1-3-12(13)17(21)22;;/h1-8,20H,(H,21,22)(H,23,24,25)(H,26,27,28);;/q;+1;-1. The number of nitrogens with zero attached hydrogens (tertiary/aromatic N) is 2. The Morgan fingerprint density at radius 2 is 1.55 bits per heavy atom. The van der Waals surface area contributed by atoms with Gasteiger partial charge in [-0.25, -0.2) is 4.79 Å². The van der Waals surface area contributed by atoms with E-state index in [0.717, 1.165) is 24.3 Å². The Morgan fingerprint density at radius 3 is 2.13 bits per heavy atom. The van der Waals surface area contributed by atoms with Gasteiger partial charge in [-0.15, -0.1) is 10.2 Å². The number of aromatic hydroxyl groups is 1. The van der Waals surface area contributed by atoms with Gasteiger partial charge in [-0.3, -0.25) is 9.11 Å². The van der Waals surface area contributed by atoms with Crippen LogP contribution >= 0.6 is 0 Å². The van der Waals surface area contributed by atoms with Gasteiger partial charge in [-0.05, 0) is 35.7 Å². The first-order valence-electron chi connectivity index (χ1n) is 7.88. The minimum absolute atomic E-state index is 0. The monoisotopic (exact) mass is 476 g/mol. The average Bonchev–Trinajstić information content (AvgIpc) is 2.65. The molecule has 3 aromatic carbocycles. The molecule has 0 unspecified atom stereocenters. The summed E-state index contributed by atoms with van der Waals surface area (Å²) >= 11 is 0. The third-order valence-electron chi connectivity index (χ3n) is 3.99. The van der Waals surface area contributed by atoms with Crippen LogP contribution in [0.4, 0.5) is 11.4 Å². The summed E-state index contributed by atoms with van der Waals surface area (Å²) in [5.41, 5.74) is -0.795. The first-order chi connectivity index (χ1) is 13.9. The molecule has 0 aliphatic rings. The van der Waals surface area contributed by atoms with E-state index in [1.807, 2.05) is 0 Å². The van der Waals surface area contributed by atoms with Gasteiger partial charge in [-0.1, -0.05) is 18.2 Å². The largest absolute Gasteiger partial charge is 1.00 e. The van der Waals surface area contributed by atoms with E-state index in [1.54, 1.807) is 0 Å². The summed E-state index contributed by atoms with van der Waals surface area (Å²) in [6, 6.07) is 9.30. The molecule has 0 radical (unpaired) electrons. The van der Waals surface area contributed by atoms with Crippen LogP contribution in [0.5, 0.6) is 5.75 Å². The molecule has 14 heteroatoms. The van der Waals surface area contributed by atoms with Crippen molar-refractivity contribution in [3.63, 3.8) is 0 Å². The van der Waals surface area contributed by atoms with Crippen LogP contribution in [0.3, 0.4) is 0 Å². The number of carbonyl (C=O) groups is 1. The van der Waals surface area contributed by atoms with Crippen LogP contribution in [0.1, 0.15) is 11.8 Å². The molecule has 0 spiro atoms. The third-order valence-corrected chi connectivity index (χ3v) is 5.71. The quantitative estimate of drug-likeness (QED) is 0.227. The molecule has 11 nitrogen and oxygen atoms in total. The molecule has 0 aliphatic heterocycles. The van der Waals surface area contributed by atoms with Crippen LogP contribution < -0.4 is 29.6 Å². The maximum atomic E-state index is 11.6. The molecule has 4 N–H and O–H groups in total. The molecule has 0 aromatic heterocycles. The van der Waals surface area contributed by atoms with E-state index >= 15 is 0 Å². The van der Waals surface area contributed by atoms with Crippen molar-refractivity contribution in [2.24, 2.45) is 10.2 Å². The first kappa shape index (κ1) is 24.9. The topological polar surface area (TPSA) is 191 Å². The van der Waals surface area contributed by atoms with E-state index in [9.17, 15) is 40.9 Å². The summed E-state index contributed by atoms with van der Waals surface area (Å²) in [6.07, 6.45) is 0. The van der Waals surface area contributed by atoms with E-state index < -0.39 is 47.4 Å². The van der Waals surface area contributed by atoms with E-state index in [2.05, 4.69) is 10.2 Å². The van der Waals surface area contributed by atoms with E-state index in [-0.39, 0.29) is 53.0 Å². The van der Waals surface area contributed by atoms with Crippen LogP contribution in [0.25, 0.3) is 10.8 Å². The zero-order valence-corrected chi connectivity index (χ0v) is 19.3. The van der Waals surface area contributed by atoms with Crippen LogP contribution in [-0.2, 0) is 20.2 Å². The first-order valence-corrected chi connectivity index (χ1v) is 10.8.